The predicted octanol–water partition coefficient (Wildman–Crippen LogP) is 1.91. The van der Waals surface area contributed by atoms with E-state index in [0.717, 1.165) is 5.56 Å². The first kappa shape index (κ1) is 13.6. The fraction of sp³-hybridized carbons (Fsp3) is 0.143. The van der Waals surface area contributed by atoms with Crippen LogP contribution in [0.2, 0.25) is 0 Å². The second-order valence-corrected chi connectivity index (χ2v) is 5.90. The van der Waals surface area contributed by atoms with Crippen molar-refractivity contribution >= 4 is 10.0 Å². The van der Waals surface area contributed by atoms with Crippen LogP contribution in [0, 0.1) is 0 Å². The lowest BCUT2D eigenvalue weighted by molar-refractivity contribution is 0.474. The molecule has 0 unspecified atom stereocenters. The molecule has 5 heteroatoms. The number of benzene rings is 2. The molecule has 0 saturated heterocycles. The van der Waals surface area contributed by atoms with Gasteiger partial charge in [-0.25, -0.2) is 13.1 Å². The van der Waals surface area contributed by atoms with Gasteiger partial charge in [-0.3, -0.25) is 0 Å². The van der Waals surface area contributed by atoms with Gasteiger partial charge in [0, 0.05) is 6.54 Å². The molecule has 100 valence electrons. The summed E-state index contributed by atoms with van der Waals surface area (Å²) < 4.78 is 26.4. The van der Waals surface area contributed by atoms with Crippen LogP contribution in [0.1, 0.15) is 5.56 Å². The molecule has 0 heterocycles. The largest absolute Gasteiger partial charge is 0.508 e. The van der Waals surface area contributed by atoms with E-state index in [2.05, 4.69) is 4.72 Å². The molecule has 2 N–H and O–H groups in total. The van der Waals surface area contributed by atoms with Gasteiger partial charge in [0.25, 0.3) is 0 Å². The van der Waals surface area contributed by atoms with Crippen LogP contribution in [0.4, 0.5) is 0 Å². The lowest BCUT2D eigenvalue weighted by Crippen LogP contribution is -2.25. The Labute approximate surface area is 112 Å². The molecule has 19 heavy (non-hydrogen) atoms. The monoisotopic (exact) mass is 277 g/mol. The van der Waals surface area contributed by atoms with Crippen molar-refractivity contribution in [1.82, 2.24) is 4.72 Å². The van der Waals surface area contributed by atoms with E-state index in [4.69, 9.17) is 0 Å². The first-order valence-electron chi connectivity index (χ1n) is 5.90. The van der Waals surface area contributed by atoms with Crippen LogP contribution in [0.5, 0.6) is 5.75 Å². The van der Waals surface area contributed by atoms with Crippen LogP contribution in [0.25, 0.3) is 0 Å². The SMILES string of the molecule is O=S(=O)(NCCc1cccc(O)c1)c1ccccc1. The van der Waals surface area contributed by atoms with Crippen LogP contribution in [-0.2, 0) is 16.4 Å². The second kappa shape index (κ2) is 5.86. The number of nitrogens with one attached hydrogen (secondary N) is 1. The quantitative estimate of drug-likeness (QED) is 0.877. The molecule has 0 fully saturated rings. The molecular formula is C14H15NO3S. The molecule has 0 saturated carbocycles. The van der Waals surface area contributed by atoms with Crippen LogP contribution < -0.4 is 4.72 Å². The second-order valence-electron chi connectivity index (χ2n) is 4.13. The minimum Gasteiger partial charge on any atom is -0.508 e. The Morgan fingerprint density at radius 1 is 1.00 bits per heavy atom. The van der Waals surface area contributed by atoms with Crippen LogP contribution in [0.3, 0.4) is 0 Å². The van der Waals surface area contributed by atoms with Crippen LogP contribution in [0.15, 0.2) is 59.5 Å². The average molecular weight is 277 g/mol. The Kier molecular flexibility index (Phi) is 4.19. The van der Waals surface area contributed by atoms with E-state index in [1.807, 2.05) is 6.07 Å². The number of phenolic OH excluding ortho intramolecular Hbond substituents is 1. The van der Waals surface area contributed by atoms with E-state index in [9.17, 15) is 13.5 Å². The molecule has 0 aromatic heterocycles. The first-order valence-corrected chi connectivity index (χ1v) is 7.39. The maximum Gasteiger partial charge on any atom is 0.240 e. The fourth-order valence-corrected chi connectivity index (χ4v) is 2.78. The van der Waals surface area contributed by atoms with Gasteiger partial charge in [0.05, 0.1) is 4.90 Å². The minimum atomic E-state index is -3.45. The van der Waals surface area contributed by atoms with Crippen molar-refractivity contribution in [2.24, 2.45) is 0 Å². The summed E-state index contributed by atoms with van der Waals surface area (Å²) in [5, 5.41) is 9.31. The van der Waals surface area contributed by atoms with E-state index in [-0.39, 0.29) is 10.6 Å². The Hall–Kier alpha value is -1.85. The summed E-state index contributed by atoms with van der Waals surface area (Å²) >= 11 is 0. The van der Waals surface area contributed by atoms with E-state index >= 15 is 0 Å². The third-order valence-corrected chi connectivity index (χ3v) is 4.15. The van der Waals surface area contributed by atoms with Crippen molar-refractivity contribution in [3.05, 3.63) is 60.2 Å². The van der Waals surface area contributed by atoms with Gasteiger partial charge in [0.15, 0.2) is 0 Å². The molecule has 0 aliphatic carbocycles. The van der Waals surface area contributed by atoms with Gasteiger partial charge in [-0.15, -0.1) is 0 Å². The van der Waals surface area contributed by atoms with Gasteiger partial charge in [-0.05, 0) is 36.2 Å². The normalized spacial score (nSPS) is 11.4. The highest BCUT2D eigenvalue weighted by Gasteiger charge is 2.11. The van der Waals surface area contributed by atoms with Crippen molar-refractivity contribution < 1.29 is 13.5 Å². The molecule has 0 spiro atoms. The lowest BCUT2D eigenvalue weighted by Gasteiger charge is -2.06. The summed E-state index contributed by atoms with van der Waals surface area (Å²) in [6, 6.07) is 15.0. The van der Waals surface area contributed by atoms with Gasteiger partial charge < -0.3 is 5.11 Å². The molecular weight excluding hydrogens is 262 g/mol. The molecule has 4 nitrogen and oxygen atoms in total. The van der Waals surface area contributed by atoms with Crippen molar-refractivity contribution in [3.63, 3.8) is 0 Å². The summed E-state index contributed by atoms with van der Waals surface area (Å²) in [5.41, 5.74) is 0.885. The third kappa shape index (κ3) is 3.81. The van der Waals surface area contributed by atoms with Gasteiger partial charge in [-0.2, -0.15) is 0 Å². The first-order chi connectivity index (χ1) is 9.08. The minimum absolute atomic E-state index is 0.184. The molecule has 2 aromatic rings. The van der Waals surface area contributed by atoms with Gasteiger partial charge in [0.2, 0.25) is 10.0 Å². The highest BCUT2D eigenvalue weighted by molar-refractivity contribution is 7.89. The van der Waals surface area contributed by atoms with Gasteiger partial charge in [0.1, 0.15) is 5.75 Å². The fourth-order valence-electron chi connectivity index (χ4n) is 1.72. The molecule has 0 atom stereocenters. The molecule has 0 aliphatic heterocycles. The molecule has 2 aromatic carbocycles. The smallest absolute Gasteiger partial charge is 0.240 e. The zero-order valence-electron chi connectivity index (χ0n) is 10.3. The predicted molar refractivity (Wildman–Crippen MR) is 73.4 cm³/mol. The van der Waals surface area contributed by atoms with E-state index in [0.29, 0.717) is 13.0 Å². The van der Waals surface area contributed by atoms with E-state index < -0.39 is 10.0 Å². The number of rotatable bonds is 5. The summed E-state index contributed by atoms with van der Waals surface area (Å²) in [6.45, 7) is 0.292. The summed E-state index contributed by atoms with van der Waals surface area (Å²) in [4.78, 5) is 0.255. The van der Waals surface area contributed by atoms with Crippen LogP contribution >= 0.6 is 0 Å². The van der Waals surface area contributed by atoms with Crippen LogP contribution in [-0.4, -0.2) is 20.1 Å². The molecule has 2 rings (SSSR count). The number of sulfonamides is 1. The Balaban J connectivity index is 1.96. The summed E-state index contributed by atoms with van der Waals surface area (Å²) in [5.74, 6) is 0.184. The summed E-state index contributed by atoms with van der Waals surface area (Å²) in [7, 11) is -3.45. The molecule has 0 radical (unpaired) electrons. The molecule has 0 bridgehead atoms. The van der Waals surface area contributed by atoms with E-state index in [1.54, 1.807) is 48.5 Å². The topological polar surface area (TPSA) is 66.4 Å². The number of hydrogen-bond donors (Lipinski definition) is 2. The van der Waals surface area contributed by atoms with Crippen molar-refractivity contribution in [3.8, 4) is 5.75 Å². The lowest BCUT2D eigenvalue weighted by atomic mass is 10.1. The standard InChI is InChI=1S/C14H15NO3S/c16-13-6-4-5-12(11-13)9-10-15-19(17,18)14-7-2-1-3-8-14/h1-8,11,15-16H,9-10H2. The Morgan fingerprint density at radius 2 is 1.74 bits per heavy atom. The van der Waals surface area contributed by atoms with E-state index in [1.165, 1.54) is 0 Å². The van der Waals surface area contributed by atoms with Crippen molar-refractivity contribution in [1.29, 1.82) is 0 Å². The van der Waals surface area contributed by atoms with Gasteiger partial charge in [-0.1, -0.05) is 30.3 Å². The maximum absolute atomic E-state index is 11.9. The zero-order valence-corrected chi connectivity index (χ0v) is 11.1. The highest BCUT2D eigenvalue weighted by Crippen LogP contribution is 2.11. The Bertz CT molecular complexity index is 639. The zero-order chi connectivity index (χ0) is 13.7. The summed E-state index contributed by atoms with van der Waals surface area (Å²) in [6.07, 6.45) is 0.528. The molecule has 0 aliphatic rings. The van der Waals surface area contributed by atoms with Gasteiger partial charge >= 0.3 is 0 Å². The number of hydrogen-bond acceptors (Lipinski definition) is 3. The average Bonchev–Trinajstić information content (AvgIpc) is 2.40. The van der Waals surface area contributed by atoms with Crippen molar-refractivity contribution in [2.75, 3.05) is 6.54 Å². The maximum atomic E-state index is 11.9. The molecule has 0 amide bonds. The third-order valence-electron chi connectivity index (χ3n) is 2.67. The highest BCUT2D eigenvalue weighted by atomic mass is 32.2. The Morgan fingerprint density at radius 3 is 2.42 bits per heavy atom. The number of phenols is 1. The number of aromatic hydroxyl groups is 1. The van der Waals surface area contributed by atoms with Crippen molar-refractivity contribution in [2.45, 2.75) is 11.3 Å².